The summed E-state index contributed by atoms with van der Waals surface area (Å²) in [6, 6.07) is 18.3. The lowest BCUT2D eigenvalue weighted by atomic mass is 10.0. The van der Waals surface area contributed by atoms with Gasteiger partial charge in [0.2, 0.25) is 0 Å². The molecule has 0 saturated heterocycles. The number of furan rings is 1. The average Bonchev–Trinajstić information content (AvgIpc) is 3.10. The molecule has 0 bridgehead atoms. The van der Waals surface area contributed by atoms with E-state index in [1.54, 1.807) is 31.5 Å². The molecule has 27 heavy (non-hydrogen) atoms. The second kappa shape index (κ2) is 7.88. The first-order chi connectivity index (χ1) is 13.0. The predicted molar refractivity (Wildman–Crippen MR) is 100 cm³/mol. The summed E-state index contributed by atoms with van der Waals surface area (Å²) in [5, 5.41) is 11.6. The maximum atomic E-state index is 12.5. The molecule has 6 nitrogen and oxygen atoms in total. The number of amides is 2. The summed E-state index contributed by atoms with van der Waals surface area (Å²) in [5.41, 5.74) is 4.43. The minimum Gasteiger partial charge on any atom is -0.463 e. The van der Waals surface area contributed by atoms with Crippen molar-refractivity contribution in [2.75, 3.05) is 0 Å². The van der Waals surface area contributed by atoms with Crippen molar-refractivity contribution in [3.05, 3.63) is 83.3 Å². The van der Waals surface area contributed by atoms with Crippen LogP contribution < -0.4 is 10.8 Å². The second-order valence-electron chi connectivity index (χ2n) is 6.20. The minimum absolute atomic E-state index is 0.223. The van der Waals surface area contributed by atoms with E-state index in [-0.39, 0.29) is 11.5 Å². The van der Waals surface area contributed by atoms with Gasteiger partial charge in [-0.2, -0.15) is 0 Å². The van der Waals surface area contributed by atoms with Gasteiger partial charge in [-0.1, -0.05) is 42.5 Å². The Kier molecular flexibility index (Phi) is 5.38. The summed E-state index contributed by atoms with van der Waals surface area (Å²) >= 11 is 0. The van der Waals surface area contributed by atoms with E-state index >= 15 is 0 Å². The number of hydrogen-bond acceptors (Lipinski definition) is 4. The van der Waals surface area contributed by atoms with Crippen molar-refractivity contribution in [1.29, 1.82) is 0 Å². The van der Waals surface area contributed by atoms with Gasteiger partial charge in [0, 0.05) is 5.56 Å². The maximum absolute atomic E-state index is 12.5. The number of hydroxylamine groups is 1. The zero-order valence-corrected chi connectivity index (χ0v) is 15.0. The third-order valence-corrected chi connectivity index (χ3v) is 4.31. The highest BCUT2D eigenvalue weighted by Crippen LogP contribution is 2.22. The molecule has 1 aromatic heterocycles. The van der Waals surface area contributed by atoms with Crippen molar-refractivity contribution in [3.63, 3.8) is 0 Å². The summed E-state index contributed by atoms with van der Waals surface area (Å²) in [6.45, 7) is 3.38. The van der Waals surface area contributed by atoms with Gasteiger partial charge in [-0.15, -0.1) is 0 Å². The lowest BCUT2D eigenvalue weighted by Gasteiger charge is -2.12. The molecule has 0 saturated carbocycles. The Balaban J connectivity index is 1.71. The number of carbonyl (C=O) groups is 2. The molecule has 1 atom stereocenters. The molecule has 1 heterocycles. The maximum Gasteiger partial charge on any atom is 0.278 e. The van der Waals surface area contributed by atoms with Crippen LogP contribution in [-0.4, -0.2) is 17.0 Å². The van der Waals surface area contributed by atoms with E-state index in [0.717, 1.165) is 11.1 Å². The first kappa shape index (κ1) is 18.4. The molecule has 138 valence electrons. The van der Waals surface area contributed by atoms with Crippen molar-refractivity contribution in [3.8, 4) is 11.1 Å². The molecule has 0 radical (unpaired) electrons. The molecule has 0 aliphatic rings. The van der Waals surface area contributed by atoms with E-state index in [2.05, 4.69) is 5.32 Å². The Morgan fingerprint density at radius 2 is 1.59 bits per heavy atom. The van der Waals surface area contributed by atoms with Gasteiger partial charge in [-0.05, 0) is 43.2 Å². The molecule has 0 aliphatic heterocycles. The number of carbonyl (C=O) groups excluding carboxylic acids is 2. The van der Waals surface area contributed by atoms with Crippen LogP contribution in [0.4, 0.5) is 0 Å². The van der Waals surface area contributed by atoms with E-state index in [1.807, 2.05) is 42.5 Å². The van der Waals surface area contributed by atoms with Crippen molar-refractivity contribution in [2.24, 2.45) is 0 Å². The highest BCUT2D eigenvalue weighted by molar-refractivity contribution is 5.95. The number of aryl methyl sites for hydroxylation is 1. The van der Waals surface area contributed by atoms with Crippen LogP contribution in [0.15, 0.2) is 65.1 Å². The van der Waals surface area contributed by atoms with Gasteiger partial charge >= 0.3 is 0 Å². The Labute approximate surface area is 156 Å². The molecule has 3 aromatic rings. The molecule has 3 rings (SSSR count). The van der Waals surface area contributed by atoms with Crippen LogP contribution in [0.3, 0.4) is 0 Å². The van der Waals surface area contributed by atoms with Gasteiger partial charge in [0.05, 0.1) is 11.6 Å². The van der Waals surface area contributed by atoms with Gasteiger partial charge in [-0.25, -0.2) is 5.48 Å². The van der Waals surface area contributed by atoms with E-state index in [0.29, 0.717) is 17.1 Å². The Bertz CT molecular complexity index is 946. The van der Waals surface area contributed by atoms with Crippen LogP contribution in [0.1, 0.15) is 45.2 Å². The average molecular weight is 364 g/mol. The number of nitrogens with one attached hydrogen (secondary N) is 2. The molecule has 0 fully saturated rings. The van der Waals surface area contributed by atoms with Crippen LogP contribution in [0.2, 0.25) is 0 Å². The minimum atomic E-state index is -0.655. The van der Waals surface area contributed by atoms with E-state index < -0.39 is 11.9 Å². The molecule has 2 amide bonds. The third kappa shape index (κ3) is 4.07. The zero-order valence-electron chi connectivity index (χ0n) is 15.0. The third-order valence-electron chi connectivity index (χ3n) is 4.31. The lowest BCUT2D eigenvalue weighted by Crippen LogP contribution is -2.26. The van der Waals surface area contributed by atoms with E-state index in [4.69, 9.17) is 9.62 Å². The van der Waals surface area contributed by atoms with E-state index in [1.165, 1.54) is 6.07 Å². The Morgan fingerprint density at radius 1 is 0.963 bits per heavy atom. The summed E-state index contributed by atoms with van der Waals surface area (Å²) in [6.07, 6.45) is 0. The Hall–Kier alpha value is -3.38. The molecule has 0 aliphatic carbocycles. The van der Waals surface area contributed by atoms with Gasteiger partial charge in [0.25, 0.3) is 11.8 Å². The molecular weight excluding hydrogens is 344 g/mol. The largest absolute Gasteiger partial charge is 0.463 e. The topological polar surface area (TPSA) is 91.6 Å². The summed E-state index contributed by atoms with van der Waals surface area (Å²) < 4.78 is 5.53. The number of hydrogen-bond donors (Lipinski definition) is 3. The predicted octanol–water partition coefficient (Wildman–Crippen LogP) is 3.87. The number of benzene rings is 2. The second-order valence-corrected chi connectivity index (χ2v) is 6.20. The fourth-order valence-electron chi connectivity index (χ4n) is 2.80. The molecule has 0 spiro atoms. The summed E-state index contributed by atoms with van der Waals surface area (Å²) in [7, 11) is 0. The summed E-state index contributed by atoms with van der Waals surface area (Å²) in [5.74, 6) is -0.105. The standard InChI is InChI=1S/C21H20N2O4/c1-13(19-12-18(14(2)27-19)21(25)23-26)22-20(24)17-10-8-16(9-11-17)15-6-4-3-5-7-15/h3-13,26H,1-2H3,(H,22,24)(H,23,25)/t13-/m0/s1. The van der Waals surface area contributed by atoms with Crippen LogP contribution in [0, 0.1) is 6.92 Å². The fraction of sp³-hybridized carbons (Fsp3) is 0.143. The quantitative estimate of drug-likeness (QED) is 0.473. The number of rotatable bonds is 5. The summed E-state index contributed by atoms with van der Waals surface area (Å²) in [4.78, 5) is 24.0. The highest BCUT2D eigenvalue weighted by Gasteiger charge is 2.19. The molecule has 6 heteroatoms. The van der Waals surface area contributed by atoms with Gasteiger partial charge in [0.1, 0.15) is 11.5 Å². The molecule has 3 N–H and O–H groups in total. The molecule has 2 aromatic carbocycles. The van der Waals surface area contributed by atoms with Crippen LogP contribution in [0.5, 0.6) is 0 Å². The first-order valence-corrected chi connectivity index (χ1v) is 8.50. The van der Waals surface area contributed by atoms with Gasteiger partial charge in [0.15, 0.2) is 0 Å². The smallest absolute Gasteiger partial charge is 0.278 e. The first-order valence-electron chi connectivity index (χ1n) is 8.50. The van der Waals surface area contributed by atoms with Crippen LogP contribution >= 0.6 is 0 Å². The van der Waals surface area contributed by atoms with Gasteiger partial charge in [-0.3, -0.25) is 14.8 Å². The van der Waals surface area contributed by atoms with E-state index in [9.17, 15) is 9.59 Å². The fourth-order valence-corrected chi connectivity index (χ4v) is 2.80. The SMILES string of the molecule is Cc1oc([C@H](C)NC(=O)c2ccc(-c3ccccc3)cc2)cc1C(=O)NO. The van der Waals surface area contributed by atoms with Crippen LogP contribution in [0.25, 0.3) is 11.1 Å². The normalized spacial score (nSPS) is 11.7. The van der Waals surface area contributed by atoms with Crippen LogP contribution in [-0.2, 0) is 0 Å². The monoisotopic (exact) mass is 364 g/mol. The lowest BCUT2D eigenvalue weighted by molar-refractivity contribution is 0.0704. The van der Waals surface area contributed by atoms with Gasteiger partial charge < -0.3 is 9.73 Å². The van der Waals surface area contributed by atoms with Crippen molar-refractivity contribution >= 4 is 11.8 Å². The van der Waals surface area contributed by atoms with Crippen molar-refractivity contribution in [2.45, 2.75) is 19.9 Å². The zero-order chi connectivity index (χ0) is 19.4. The Morgan fingerprint density at radius 3 is 2.22 bits per heavy atom. The molecule has 0 unspecified atom stereocenters. The van der Waals surface area contributed by atoms with Crippen molar-refractivity contribution in [1.82, 2.24) is 10.8 Å². The highest BCUT2D eigenvalue weighted by atomic mass is 16.5. The van der Waals surface area contributed by atoms with Crippen molar-refractivity contribution < 1.29 is 19.2 Å². The molecular formula is C21H20N2O4.